The Labute approximate surface area is 353 Å². The van der Waals surface area contributed by atoms with E-state index in [1.165, 1.54) is 9.13 Å². The number of nitrogens with one attached hydrogen (secondary N) is 2. The van der Waals surface area contributed by atoms with E-state index < -0.39 is 29.5 Å². The van der Waals surface area contributed by atoms with E-state index in [-0.39, 0.29) is 55.7 Å². The number of ether oxygens (including phenoxy) is 1. The Morgan fingerprint density at radius 1 is 1.03 bits per heavy atom. The lowest BCUT2D eigenvalue weighted by molar-refractivity contribution is -0.135. The van der Waals surface area contributed by atoms with Gasteiger partial charge in [0.1, 0.15) is 17.4 Å². The van der Waals surface area contributed by atoms with Gasteiger partial charge in [0.25, 0.3) is 11.8 Å². The molecule has 4 saturated heterocycles. The van der Waals surface area contributed by atoms with Crippen LogP contribution in [0.2, 0.25) is 0 Å². The minimum Gasteiger partial charge on any atom is -0.374 e. The van der Waals surface area contributed by atoms with E-state index in [9.17, 15) is 19.2 Å². The molecule has 0 spiro atoms. The molecule has 2 N–H and O–H groups in total. The van der Waals surface area contributed by atoms with Crippen molar-refractivity contribution in [3.8, 4) is 0 Å². The number of morpholine rings is 1. The van der Waals surface area contributed by atoms with E-state index in [0.717, 1.165) is 55.4 Å². The highest BCUT2D eigenvalue weighted by molar-refractivity contribution is 6.08. The van der Waals surface area contributed by atoms with Gasteiger partial charge in [0.15, 0.2) is 5.65 Å². The van der Waals surface area contributed by atoms with Crippen molar-refractivity contribution in [3.05, 3.63) is 82.7 Å². The van der Waals surface area contributed by atoms with Gasteiger partial charge in [-0.1, -0.05) is 12.1 Å². The minimum absolute atomic E-state index is 0.101. The third-order valence-electron chi connectivity index (χ3n) is 14.0. The van der Waals surface area contributed by atoms with Crippen LogP contribution in [0.5, 0.6) is 0 Å². The number of hydrogen-bond donors (Lipinski definition) is 2. The number of alkyl halides is 2. The second kappa shape index (κ2) is 14.8. The molecule has 0 radical (unpaired) electrons. The van der Waals surface area contributed by atoms with Crippen molar-refractivity contribution in [1.29, 1.82) is 0 Å². The van der Waals surface area contributed by atoms with Gasteiger partial charge in [0.05, 0.1) is 60.0 Å². The fourth-order valence-corrected chi connectivity index (χ4v) is 10.9. The standard InChI is InChI=1S/C44H47F2N11O5/c1-52-39-31(3-2-4-35(39)57(43(52)61)36-11-12-38(58)50-42(36)60)33-13-15-53(24-44(33,45)46)20-25-5-8-28(9-6-25)56-21-26-17-27(7-10-34(26)51-56)48-41(59)32-19-47-55-16-14-37(49-40(32)55)54-22-30-18-29(54)23-62-30/h2-4,7,10,14,16-17,19,21,25,28-30,33,36H,5-6,8-9,11-13,15,18,20,22-24H2,1H3,(H,48,59)(H,50,58,60)/t25?,28?,29-,30-,33?,36?/m1/s1. The molecule has 8 heterocycles. The molecule has 62 heavy (non-hydrogen) atoms. The molecule has 16 nitrogen and oxygen atoms in total. The fraction of sp³-hybridized carbons (Fsp3) is 0.477. The largest absolute Gasteiger partial charge is 0.374 e. The number of imidazole rings is 1. The normalized spacial score (nSPS) is 26.5. The number of halogens is 2. The highest BCUT2D eigenvalue weighted by atomic mass is 19.3. The average molecular weight is 848 g/mol. The summed E-state index contributed by atoms with van der Waals surface area (Å²) >= 11 is 0. The number of benzene rings is 2. The fourth-order valence-electron chi connectivity index (χ4n) is 10.9. The number of likely N-dealkylation sites (tertiary alicyclic amines) is 1. The van der Waals surface area contributed by atoms with Crippen molar-refractivity contribution < 1.29 is 27.9 Å². The first kappa shape index (κ1) is 38.9. The maximum Gasteiger partial charge on any atom is 0.329 e. The van der Waals surface area contributed by atoms with Crippen molar-refractivity contribution in [2.24, 2.45) is 13.0 Å². The highest BCUT2D eigenvalue weighted by Crippen LogP contribution is 2.44. The number of carbonyl (C=O) groups excluding carboxylic acids is 3. The number of anilines is 2. The summed E-state index contributed by atoms with van der Waals surface area (Å²) in [7, 11) is 1.55. The van der Waals surface area contributed by atoms with Crippen LogP contribution in [0.4, 0.5) is 20.3 Å². The molecule has 2 aromatic carbocycles. The number of carbonyl (C=O) groups is 3. The van der Waals surface area contributed by atoms with Crippen LogP contribution < -0.4 is 21.2 Å². The molecular formula is C44H47F2N11O5. The van der Waals surface area contributed by atoms with E-state index in [0.29, 0.717) is 59.2 Å². The summed E-state index contributed by atoms with van der Waals surface area (Å²) in [5.41, 5.74) is 3.10. The number of aryl methyl sites for hydroxylation is 1. The Morgan fingerprint density at radius 2 is 1.89 bits per heavy atom. The predicted molar refractivity (Wildman–Crippen MR) is 225 cm³/mol. The van der Waals surface area contributed by atoms with Crippen molar-refractivity contribution in [2.75, 3.05) is 43.0 Å². The van der Waals surface area contributed by atoms with Gasteiger partial charge < -0.3 is 15.0 Å². The second-order valence-corrected chi connectivity index (χ2v) is 17.9. The average Bonchev–Trinajstić information content (AvgIpc) is 4.10. The van der Waals surface area contributed by atoms with Crippen LogP contribution in [-0.4, -0.2) is 107 Å². The third kappa shape index (κ3) is 6.65. The van der Waals surface area contributed by atoms with Gasteiger partial charge in [-0.15, -0.1) is 0 Å². The molecule has 1 saturated carbocycles. The summed E-state index contributed by atoms with van der Waals surface area (Å²) in [6.45, 7) is 2.21. The van der Waals surface area contributed by atoms with Crippen LogP contribution in [0.25, 0.3) is 27.6 Å². The molecule has 3 amide bonds. The summed E-state index contributed by atoms with van der Waals surface area (Å²) in [6.07, 6.45) is 10.7. The van der Waals surface area contributed by atoms with Crippen LogP contribution in [0, 0.1) is 5.92 Å². The zero-order valence-electron chi connectivity index (χ0n) is 34.3. The van der Waals surface area contributed by atoms with E-state index >= 15 is 8.78 Å². The Bertz CT molecular complexity index is 2840. The van der Waals surface area contributed by atoms with Crippen molar-refractivity contribution in [1.82, 2.24) is 43.7 Å². The second-order valence-electron chi connectivity index (χ2n) is 17.9. The van der Waals surface area contributed by atoms with E-state index in [2.05, 4.69) is 20.6 Å². The van der Waals surface area contributed by atoms with Gasteiger partial charge in [-0.3, -0.25) is 38.4 Å². The molecule has 6 aromatic rings. The molecule has 2 unspecified atom stereocenters. The van der Waals surface area contributed by atoms with Gasteiger partial charge >= 0.3 is 5.69 Å². The number of hydrogen-bond acceptors (Lipinski definition) is 10. The molecule has 18 heteroatoms. The van der Waals surface area contributed by atoms with Crippen molar-refractivity contribution in [2.45, 2.75) is 87.4 Å². The molecule has 2 bridgehead atoms. The maximum absolute atomic E-state index is 16.2. The van der Waals surface area contributed by atoms with Crippen LogP contribution >= 0.6 is 0 Å². The monoisotopic (exact) mass is 847 g/mol. The van der Waals surface area contributed by atoms with Gasteiger partial charge in [0, 0.05) is 50.0 Å². The van der Waals surface area contributed by atoms with E-state index in [4.69, 9.17) is 14.8 Å². The molecule has 4 aromatic heterocycles. The number of para-hydroxylation sites is 1. The molecule has 5 aliphatic rings. The zero-order chi connectivity index (χ0) is 42.4. The molecule has 1 aliphatic carbocycles. The topological polar surface area (TPSA) is 166 Å². The molecular weight excluding hydrogens is 801 g/mol. The predicted octanol–water partition coefficient (Wildman–Crippen LogP) is 4.80. The Kier molecular flexibility index (Phi) is 9.30. The Hall–Kier alpha value is -6.01. The Balaban J connectivity index is 0.717. The number of amides is 3. The number of aromatic nitrogens is 7. The van der Waals surface area contributed by atoms with Gasteiger partial charge in [0.2, 0.25) is 11.8 Å². The van der Waals surface area contributed by atoms with Crippen LogP contribution in [0.15, 0.2) is 65.8 Å². The van der Waals surface area contributed by atoms with Crippen molar-refractivity contribution in [3.63, 3.8) is 0 Å². The molecule has 4 atom stereocenters. The lowest BCUT2D eigenvalue weighted by atomic mass is 9.83. The van der Waals surface area contributed by atoms with Crippen LogP contribution in [0.3, 0.4) is 0 Å². The quantitative estimate of drug-likeness (QED) is 0.204. The molecule has 5 fully saturated rings. The maximum atomic E-state index is 16.2. The number of nitrogens with zero attached hydrogens (tertiary/aromatic N) is 9. The van der Waals surface area contributed by atoms with Crippen LogP contribution in [-0.2, 0) is 21.4 Å². The number of piperidine rings is 2. The summed E-state index contributed by atoms with van der Waals surface area (Å²) in [5, 5.41) is 15.5. The lowest BCUT2D eigenvalue weighted by Crippen LogP contribution is -2.49. The summed E-state index contributed by atoms with van der Waals surface area (Å²) in [5.74, 6) is -4.28. The van der Waals surface area contributed by atoms with Gasteiger partial charge in [-0.2, -0.15) is 10.2 Å². The highest BCUT2D eigenvalue weighted by Gasteiger charge is 2.47. The number of imide groups is 1. The molecule has 11 rings (SSSR count). The number of rotatable bonds is 8. The molecule has 4 aliphatic heterocycles. The van der Waals surface area contributed by atoms with Crippen molar-refractivity contribution >= 4 is 56.8 Å². The summed E-state index contributed by atoms with van der Waals surface area (Å²) in [6, 6.07) is 12.2. The number of fused-ring (bicyclic) bond motifs is 5. The first-order valence-electron chi connectivity index (χ1n) is 21.6. The summed E-state index contributed by atoms with van der Waals surface area (Å²) in [4.78, 5) is 60.5. The first-order valence-corrected chi connectivity index (χ1v) is 21.6. The van der Waals surface area contributed by atoms with Gasteiger partial charge in [-0.25, -0.2) is 23.1 Å². The van der Waals surface area contributed by atoms with E-state index in [1.807, 2.05) is 46.2 Å². The van der Waals surface area contributed by atoms with Gasteiger partial charge in [-0.05, 0) is 93.3 Å². The first-order chi connectivity index (χ1) is 30.0. The van der Waals surface area contributed by atoms with E-state index in [1.54, 1.807) is 36.0 Å². The third-order valence-corrected chi connectivity index (χ3v) is 14.0. The van der Waals surface area contributed by atoms with Crippen LogP contribution in [0.1, 0.15) is 85.3 Å². The Morgan fingerprint density at radius 3 is 2.66 bits per heavy atom. The lowest BCUT2D eigenvalue weighted by Gasteiger charge is -2.41. The zero-order valence-corrected chi connectivity index (χ0v) is 34.3. The molecule has 322 valence electrons. The SMILES string of the molecule is Cn1c(=O)n(C2CCC(=O)NC2=O)c2cccc(C3CCN(CC4CCC(n5cc6cc(NC(=O)c7cnn8ccc(N9C[C@H]%10C[C@@H]9CO%10)nc78)ccc6n5)CC4)CC3(F)F)c21. The smallest absolute Gasteiger partial charge is 0.329 e. The summed E-state index contributed by atoms with van der Waals surface area (Å²) < 4.78 is 44.5. The minimum atomic E-state index is -3.04.